The molecule has 1 aliphatic rings. The van der Waals surface area contributed by atoms with Gasteiger partial charge in [0.1, 0.15) is 30.4 Å². The number of hydrogen-bond acceptors (Lipinski definition) is 8. The molecule has 0 aromatic carbocycles. The monoisotopic (exact) mass is 378 g/mol. The van der Waals surface area contributed by atoms with Crippen molar-refractivity contribution >= 4 is 52.7 Å². The lowest BCUT2D eigenvalue weighted by Crippen LogP contribution is -2.42. The van der Waals surface area contributed by atoms with E-state index in [2.05, 4.69) is 0 Å². The second kappa shape index (κ2) is 9.36. The largest absolute Gasteiger partial charge is 0.462 e. The Balaban J connectivity index is 2.79. The second-order valence-electron chi connectivity index (χ2n) is 4.06. The van der Waals surface area contributed by atoms with Gasteiger partial charge in [-0.1, -0.05) is 0 Å². The van der Waals surface area contributed by atoms with Gasteiger partial charge in [0.2, 0.25) is 0 Å². The second-order valence-corrected chi connectivity index (χ2v) is 4.86. The van der Waals surface area contributed by atoms with Crippen molar-refractivity contribution in [3.8, 4) is 0 Å². The van der Waals surface area contributed by atoms with Crippen molar-refractivity contribution in [2.45, 2.75) is 24.6 Å². The lowest BCUT2D eigenvalue weighted by Gasteiger charge is -2.22. The highest BCUT2D eigenvalue weighted by Crippen LogP contribution is 2.26. The molecule has 0 spiro atoms. The zero-order valence-electron chi connectivity index (χ0n) is 11.1. The van der Waals surface area contributed by atoms with Gasteiger partial charge in [0.05, 0.1) is 0 Å². The standard InChI is InChI=1S/C11H13Cl3O8/c12-1-6(15)19-4-5-9(21-7(16)2-13)10(11(18)20-5)22-8(17)3-14/h5,9-11,18H,1-4H2/t5-,9-,10-,11+/m1/s1. The molecule has 1 fully saturated rings. The Kier molecular flexibility index (Phi) is 8.19. The van der Waals surface area contributed by atoms with Gasteiger partial charge in [0.15, 0.2) is 18.5 Å². The minimum atomic E-state index is -1.58. The Hall–Kier alpha value is -0.800. The summed E-state index contributed by atoms with van der Waals surface area (Å²) in [6, 6.07) is 0. The van der Waals surface area contributed by atoms with Crippen LogP contribution in [0, 0.1) is 0 Å². The molecular weight excluding hydrogens is 366 g/mol. The summed E-state index contributed by atoms with van der Waals surface area (Å²) in [6.45, 7) is -0.363. The third-order valence-electron chi connectivity index (χ3n) is 2.56. The molecular formula is C11H13Cl3O8. The number of carbonyl (C=O) groups is 3. The van der Waals surface area contributed by atoms with E-state index < -0.39 is 54.3 Å². The quantitative estimate of drug-likeness (QED) is 0.368. The number of aliphatic hydroxyl groups is 1. The predicted molar refractivity (Wildman–Crippen MR) is 73.8 cm³/mol. The molecule has 0 amide bonds. The van der Waals surface area contributed by atoms with Crippen LogP contribution >= 0.6 is 34.8 Å². The smallest absolute Gasteiger partial charge is 0.321 e. The maximum Gasteiger partial charge on any atom is 0.321 e. The van der Waals surface area contributed by atoms with Crippen LogP contribution in [0.25, 0.3) is 0 Å². The highest BCUT2D eigenvalue weighted by molar-refractivity contribution is 6.27. The van der Waals surface area contributed by atoms with E-state index in [9.17, 15) is 19.5 Å². The van der Waals surface area contributed by atoms with Gasteiger partial charge in [-0.3, -0.25) is 14.4 Å². The molecule has 126 valence electrons. The molecule has 1 rings (SSSR count). The number of alkyl halides is 3. The maximum atomic E-state index is 11.3. The van der Waals surface area contributed by atoms with Crippen molar-refractivity contribution in [1.29, 1.82) is 0 Å². The van der Waals surface area contributed by atoms with Gasteiger partial charge in [-0.2, -0.15) is 0 Å². The first kappa shape index (κ1) is 19.2. The average Bonchev–Trinajstić information content (AvgIpc) is 2.80. The molecule has 11 heteroatoms. The minimum absolute atomic E-state index is 0.363. The molecule has 8 nitrogen and oxygen atoms in total. The summed E-state index contributed by atoms with van der Waals surface area (Å²) in [5.74, 6) is -3.72. The number of halogens is 3. The zero-order chi connectivity index (χ0) is 16.7. The number of aliphatic hydroxyl groups excluding tert-OH is 1. The first-order valence-electron chi connectivity index (χ1n) is 5.99. The van der Waals surface area contributed by atoms with Crippen LogP contribution in [0.4, 0.5) is 0 Å². The van der Waals surface area contributed by atoms with Crippen LogP contribution in [-0.2, 0) is 33.3 Å². The SMILES string of the molecule is O=C(CCl)OC[C@H]1O[C@H](O)[C@H](OC(=O)CCl)[C@@H]1OC(=O)CCl. The van der Waals surface area contributed by atoms with E-state index in [4.69, 9.17) is 53.8 Å². The van der Waals surface area contributed by atoms with E-state index in [1.165, 1.54) is 0 Å². The fraction of sp³-hybridized carbons (Fsp3) is 0.727. The zero-order valence-corrected chi connectivity index (χ0v) is 13.3. The fourth-order valence-corrected chi connectivity index (χ4v) is 1.89. The number of hydrogen-bond donors (Lipinski definition) is 1. The Bertz CT molecular complexity index is 418. The van der Waals surface area contributed by atoms with E-state index in [1.807, 2.05) is 0 Å². The third kappa shape index (κ3) is 5.44. The van der Waals surface area contributed by atoms with E-state index >= 15 is 0 Å². The van der Waals surface area contributed by atoms with Crippen molar-refractivity contribution in [2.24, 2.45) is 0 Å². The van der Waals surface area contributed by atoms with Crippen molar-refractivity contribution in [3.63, 3.8) is 0 Å². The minimum Gasteiger partial charge on any atom is -0.462 e. The molecule has 1 N–H and O–H groups in total. The fourth-order valence-electron chi connectivity index (χ4n) is 1.69. The number of ether oxygens (including phenoxy) is 4. The maximum absolute atomic E-state index is 11.3. The van der Waals surface area contributed by atoms with Gasteiger partial charge in [-0.15, -0.1) is 34.8 Å². The lowest BCUT2D eigenvalue weighted by molar-refractivity contribution is -0.174. The van der Waals surface area contributed by atoms with Gasteiger partial charge in [-0.25, -0.2) is 0 Å². The van der Waals surface area contributed by atoms with E-state index in [-0.39, 0.29) is 12.5 Å². The van der Waals surface area contributed by atoms with Crippen molar-refractivity contribution in [2.75, 3.05) is 24.2 Å². The summed E-state index contributed by atoms with van der Waals surface area (Å²) in [4.78, 5) is 33.6. The van der Waals surface area contributed by atoms with Crippen molar-refractivity contribution in [1.82, 2.24) is 0 Å². The molecule has 0 aromatic rings. The van der Waals surface area contributed by atoms with Crippen LogP contribution in [0.5, 0.6) is 0 Å². The van der Waals surface area contributed by atoms with Crippen LogP contribution in [0.2, 0.25) is 0 Å². The van der Waals surface area contributed by atoms with Gasteiger partial charge in [-0.05, 0) is 0 Å². The molecule has 0 bridgehead atoms. The summed E-state index contributed by atoms with van der Waals surface area (Å²) in [5.41, 5.74) is 0. The summed E-state index contributed by atoms with van der Waals surface area (Å²) < 4.78 is 19.6. The lowest BCUT2D eigenvalue weighted by atomic mass is 10.1. The average molecular weight is 380 g/mol. The summed E-state index contributed by atoms with van der Waals surface area (Å²) in [5, 5.41) is 9.75. The predicted octanol–water partition coefficient (Wildman–Crippen LogP) is -0.213. The summed E-state index contributed by atoms with van der Waals surface area (Å²) >= 11 is 15.9. The van der Waals surface area contributed by atoms with E-state index in [0.29, 0.717) is 0 Å². The van der Waals surface area contributed by atoms with Gasteiger partial charge < -0.3 is 24.1 Å². The molecule has 0 saturated carbocycles. The first-order chi connectivity index (χ1) is 10.4. The molecule has 0 aromatic heterocycles. The van der Waals surface area contributed by atoms with Crippen LogP contribution in [0.1, 0.15) is 0 Å². The molecule has 1 aliphatic heterocycles. The third-order valence-corrected chi connectivity index (χ3v) is 3.21. The number of esters is 3. The number of carbonyl (C=O) groups excluding carboxylic acids is 3. The van der Waals surface area contributed by atoms with Gasteiger partial charge >= 0.3 is 17.9 Å². The first-order valence-corrected chi connectivity index (χ1v) is 7.59. The molecule has 1 saturated heterocycles. The van der Waals surface area contributed by atoms with Crippen molar-refractivity contribution < 1.29 is 38.4 Å². The van der Waals surface area contributed by atoms with Crippen LogP contribution in [0.15, 0.2) is 0 Å². The molecule has 0 aliphatic carbocycles. The van der Waals surface area contributed by atoms with Crippen LogP contribution < -0.4 is 0 Å². The molecule has 1 heterocycles. The molecule has 0 radical (unpaired) electrons. The number of rotatable bonds is 7. The molecule has 0 unspecified atom stereocenters. The summed E-state index contributed by atoms with van der Waals surface area (Å²) in [6.07, 6.45) is -5.17. The highest BCUT2D eigenvalue weighted by atomic mass is 35.5. The highest BCUT2D eigenvalue weighted by Gasteiger charge is 2.49. The van der Waals surface area contributed by atoms with E-state index in [1.54, 1.807) is 0 Å². The van der Waals surface area contributed by atoms with Crippen LogP contribution in [-0.4, -0.2) is 71.9 Å². The summed E-state index contributed by atoms with van der Waals surface area (Å²) in [7, 11) is 0. The van der Waals surface area contributed by atoms with E-state index in [0.717, 1.165) is 0 Å². The van der Waals surface area contributed by atoms with Gasteiger partial charge in [0.25, 0.3) is 0 Å². The Labute approximate surface area is 140 Å². The van der Waals surface area contributed by atoms with Gasteiger partial charge in [0, 0.05) is 0 Å². The van der Waals surface area contributed by atoms with Crippen molar-refractivity contribution in [3.05, 3.63) is 0 Å². The molecule has 4 atom stereocenters. The topological polar surface area (TPSA) is 108 Å². The Morgan fingerprint density at radius 1 is 0.909 bits per heavy atom. The normalized spacial score (nSPS) is 27.3. The molecule has 22 heavy (non-hydrogen) atoms. The Morgan fingerprint density at radius 3 is 1.91 bits per heavy atom. The Morgan fingerprint density at radius 2 is 1.41 bits per heavy atom. The van der Waals surface area contributed by atoms with Crippen LogP contribution in [0.3, 0.4) is 0 Å².